The summed E-state index contributed by atoms with van der Waals surface area (Å²) in [6.45, 7) is 0. The van der Waals surface area contributed by atoms with Gasteiger partial charge < -0.3 is 26.1 Å². The molecule has 16 heavy (non-hydrogen) atoms. The number of carbonyl (C=O) groups is 4. The summed E-state index contributed by atoms with van der Waals surface area (Å²) < 4.78 is 0. The lowest BCUT2D eigenvalue weighted by atomic mass is 10.1. The topological polar surface area (TPSA) is 147 Å². The Balaban J connectivity index is 4.23. The highest BCUT2D eigenvalue weighted by atomic mass is 16.4. The van der Waals surface area contributed by atoms with Crippen molar-refractivity contribution in [2.75, 3.05) is 0 Å². The number of hydrogen-bond acceptors (Lipinski definition) is 5. The van der Waals surface area contributed by atoms with Crippen LogP contribution in [0.25, 0.3) is 0 Å². The predicted octanol–water partition coefficient (Wildman–Crippen LogP) is -2.05. The van der Waals surface area contributed by atoms with E-state index in [1.165, 1.54) is 0 Å². The van der Waals surface area contributed by atoms with Crippen molar-refractivity contribution in [1.29, 1.82) is 0 Å². The molecule has 1 amide bonds. The van der Waals surface area contributed by atoms with Crippen LogP contribution in [-0.4, -0.2) is 46.4 Å². The molecule has 0 radical (unpaired) electrons. The first-order valence-electron chi connectivity index (χ1n) is 4.31. The number of amides is 1. The van der Waals surface area contributed by atoms with Gasteiger partial charge in [0, 0.05) is 0 Å². The first-order valence-corrected chi connectivity index (χ1v) is 4.31. The van der Waals surface area contributed by atoms with Crippen LogP contribution in [0.5, 0.6) is 0 Å². The smallest absolute Gasteiger partial charge is 0.305 e. The molecule has 5 N–H and O–H groups in total. The molecule has 0 saturated heterocycles. The van der Waals surface area contributed by atoms with Gasteiger partial charge in [-0.15, -0.1) is 0 Å². The minimum Gasteiger partial charge on any atom is -0.481 e. The third-order valence-electron chi connectivity index (χ3n) is 1.62. The fraction of sp³-hybridized carbons (Fsp3) is 0.500. The average molecular weight is 232 g/mol. The fourth-order valence-corrected chi connectivity index (χ4v) is 0.892. The zero-order valence-electron chi connectivity index (χ0n) is 8.25. The van der Waals surface area contributed by atoms with Crippen LogP contribution < -0.4 is 11.1 Å². The average Bonchev–Trinajstić information content (AvgIpc) is 2.14. The molecule has 90 valence electrons. The number of aliphatic carboxylic acids is 2. The lowest BCUT2D eigenvalue weighted by molar-refractivity contribution is -0.141. The Bertz CT molecular complexity index is 303. The number of nitrogens with one attached hydrogen (secondary N) is 1. The van der Waals surface area contributed by atoms with Crippen LogP contribution in [0, 0.1) is 0 Å². The van der Waals surface area contributed by atoms with Gasteiger partial charge in [0.25, 0.3) is 0 Å². The van der Waals surface area contributed by atoms with E-state index in [0.29, 0.717) is 0 Å². The minimum atomic E-state index is -1.31. The van der Waals surface area contributed by atoms with Gasteiger partial charge in [-0.2, -0.15) is 0 Å². The summed E-state index contributed by atoms with van der Waals surface area (Å²) in [5.74, 6) is -3.39. The predicted molar refractivity (Wildman–Crippen MR) is 50.5 cm³/mol. The van der Waals surface area contributed by atoms with Crippen molar-refractivity contribution in [3.63, 3.8) is 0 Å². The van der Waals surface area contributed by atoms with E-state index in [4.69, 9.17) is 15.9 Å². The molecule has 8 heteroatoms. The Labute approximate surface area is 90.4 Å². The van der Waals surface area contributed by atoms with Crippen molar-refractivity contribution < 1.29 is 29.4 Å². The van der Waals surface area contributed by atoms with Gasteiger partial charge >= 0.3 is 11.9 Å². The van der Waals surface area contributed by atoms with Crippen LogP contribution in [0.4, 0.5) is 0 Å². The molecule has 0 aliphatic rings. The largest absolute Gasteiger partial charge is 0.481 e. The highest BCUT2D eigenvalue weighted by molar-refractivity contribution is 5.88. The summed E-state index contributed by atoms with van der Waals surface area (Å²) in [6.07, 6.45) is -0.918. The molecule has 0 aromatic rings. The van der Waals surface area contributed by atoms with Crippen LogP contribution >= 0.6 is 0 Å². The maximum Gasteiger partial charge on any atom is 0.305 e. The van der Waals surface area contributed by atoms with Crippen LogP contribution in [0.15, 0.2) is 0 Å². The van der Waals surface area contributed by atoms with Crippen LogP contribution in [0.1, 0.15) is 12.8 Å². The Hall–Kier alpha value is -1.96. The summed E-state index contributed by atoms with van der Waals surface area (Å²) in [6, 6.07) is -2.52. The Morgan fingerprint density at radius 1 is 1.19 bits per heavy atom. The van der Waals surface area contributed by atoms with E-state index in [1.807, 2.05) is 5.32 Å². The lowest BCUT2D eigenvalue weighted by Crippen LogP contribution is -2.47. The second kappa shape index (κ2) is 6.51. The quantitative estimate of drug-likeness (QED) is 0.369. The number of carboxylic acid groups (broad SMARTS) is 2. The standard InChI is InChI=1S/C8H12N2O6/c9-5(2-7(14)15)8(16)10-4(3-11)1-6(12)13/h3-5H,1-2,9H2,(H,10,16)(H,12,13)(H,14,15)/t4-,5-/m0/s1. The Morgan fingerprint density at radius 2 is 1.69 bits per heavy atom. The van der Waals surface area contributed by atoms with Crippen LogP contribution in [0.2, 0.25) is 0 Å². The molecular formula is C8H12N2O6. The molecule has 0 aliphatic carbocycles. The monoisotopic (exact) mass is 232 g/mol. The van der Waals surface area contributed by atoms with E-state index in [9.17, 15) is 19.2 Å². The van der Waals surface area contributed by atoms with Crippen LogP contribution in [0.3, 0.4) is 0 Å². The first-order chi connectivity index (χ1) is 7.36. The molecule has 0 rings (SSSR count). The van der Waals surface area contributed by atoms with Gasteiger partial charge in [-0.25, -0.2) is 0 Å². The number of nitrogens with two attached hydrogens (primary N) is 1. The zero-order valence-corrected chi connectivity index (χ0v) is 8.25. The van der Waals surface area contributed by atoms with Crippen molar-refractivity contribution in [2.45, 2.75) is 24.9 Å². The van der Waals surface area contributed by atoms with Gasteiger partial charge in [-0.1, -0.05) is 0 Å². The number of rotatable bonds is 7. The summed E-state index contributed by atoms with van der Waals surface area (Å²) in [5, 5.41) is 18.7. The van der Waals surface area contributed by atoms with Gasteiger partial charge in [-0.3, -0.25) is 14.4 Å². The number of carbonyl (C=O) groups excluding carboxylic acids is 2. The Morgan fingerprint density at radius 3 is 2.06 bits per heavy atom. The van der Waals surface area contributed by atoms with Gasteiger partial charge in [0.15, 0.2) is 0 Å². The van der Waals surface area contributed by atoms with E-state index in [2.05, 4.69) is 0 Å². The first kappa shape index (κ1) is 14.0. The van der Waals surface area contributed by atoms with Crippen molar-refractivity contribution >= 4 is 24.1 Å². The van der Waals surface area contributed by atoms with Gasteiger partial charge in [0.1, 0.15) is 6.29 Å². The molecule has 0 saturated carbocycles. The molecule has 0 unspecified atom stereocenters. The number of carboxylic acids is 2. The summed E-state index contributed by atoms with van der Waals surface area (Å²) in [4.78, 5) is 42.0. The molecule has 0 bridgehead atoms. The second-order valence-corrected chi connectivity index (χ2v) is 3.05. The SMILES string of the molecule is N[C@@H](CC(=O)O)C(=O)N[C@H](C=O)CC(=O)O. The summed E-state index contributed by atoms with van der Waals surface area (Å²) in [5.41, 5.74) is 5.20. The van der Waals surface area contributed by atoms with Gasteiger partial charge in [0.05, 0.1) is 24.9 Å². The van der Waals surface area contributed by atoms with Crippen molar-refractivity contribution in [2.24, 2.45) is 5.73 Å². The van der Waals surface area contributed by atoms with Crippen molar-refractivity contribution in [1.82, 2.24) is 5.32 Å². The summed E-state index contributed by atoms with van der Waals surface area (Å²) >= 11 is 0. The molecule has 0 heterocycles. The van der Waals surface area contributed by atoms with E-state index in [0.717, 1.165) is 0 Å². The molecule has 0 aromatic heterocycles. The van der Waals surface area contributed by atoms with Gasteiger partial charge in [0.2, 0.25) is 5.91 Å². The molecule has 2 atom stereocenters. The second-order valence-electron chi connectivity index (χ2n) is 3.05. The summed E-state index contributed by atoms with van der Waals surface area (Å²) in [7, 11) is 0. The van der Waals surface area contributed by atoms with Crippen molar-refractivity contribution in [3.8, 4) is 0 Å². The molecule has 0 aliphatic heterocycles. The third kappa shape index (κ3) is 5.70. The lowest BCUT2D eigenvalue weighted by Gasteiger charge is -2.13. The van der Waals surface area contributed by atoms with E-state index >= 15 is 0 Å². The normalized spacial score (nSPS) is 13.6. The minimum absolute atomic E-state index is 0.250. The molecule has 0 spiro atoms. The zero-order chi connectivity index (χ0) is 12.7. The third-order valence-corrected chi connectivity index (χ3v) is 1.62. The Kier molecular flexibility index (Phi) is 5.71. The maximum atomic E-state index is 11.2. The highest BCUT2D eigenvalue weighted by Crippen LogP contribution is 1.93. The molecule has 0 aromatic carbocycles. The fourth-order valence-electron chi connectivity index (χ4n) is 0.892. The number of hydrogen-bond donors (Lipinski definition) is 4. The molecule has 8 nitrogen and oxygen atoms in total. The van der Waals surface area contributed by atoms with Crippen LogP contribution in [-0.2, 0) is 19.2 Å². The molecular weight excluding hydrogens is 220 g/mol. The van der Waals surface area contributed by atoms with E-state index < -0.39 is 42.8 Å². The van der Waals surface area contributed by atoms with E-state index in [-0.39, 0.29) is 6.29 Å². The van der Waals surface area contributed by atoms with Gasteiger partial charge in [-0.05, 0) is 0 Å². The number of aldehydes is 1. The van der Waals surface area contributed by atoms with Crippen molar-refractivity contribution in [3.05, 3.63) is 0 Å². The highest BCUT2D eigenvalue weighted by Gasteiger charge is 2.21. The van der Waals surface area contributed by atoms with E-state index in [1.54, 1.807) is 0 Å². The molecule has 0 fully saturated rings. The maximum absolute atomic E-state index is 11.2.